The van der Waals surface area contributed by atoms with Crippen LogP contribution < -0.4 is 11.5 Å². The van der Waals surface area contributed by atoms with Crippen molar-refractivity contribution >= 4 is 11.4 Å². The van der Waals surface area contributed by atoms with E-state index in [-0.39, 0.29) is 5.41 Å². The molecule has 72 valence electrons. The number of nitriles is 1. The molecule has 1 aromatic rings. The lowest BCUT2D eigenvalue weighted by Crippen LogP contribution is -2.32. The average Bonchev–Trinajstić information content (AvgIpc) is 2.10. The topological polar surface area (TPSA) is 75.8 Å². The quantitative estimate of drug-likeness (QED) is 0.658. The van der Waals surface area contributed by atoms with Crippen molar-refractivity contribution in [2.24, 2.45) is 0 Å². The molecule has 0 heterocycles. The van der Waals surface area contributed by atoms with Crippen molar-refractivity contribution in [3.63, 3.8) is 0 Å². The zero-order chi connectivity index (χ0) is 10.2. The van der Waals surface area contributed by atoms with Crippen LogP contribution in [0.25, 0.3) is 0 Å². The minimum absolute atomic E-state index is 0.290. The number of benzene rings is 1. The molecule has 0 saturated heterocycles. The minimum atomic E-state index is -0.290. The molecule has 4 N–H and O–H groups in total. The molecule has 14 heavy (non-hydrogen) atoms. The first kappa shape index (κ1) is 8.89. The third-order valence-electron chi connectivity index (χ3n) is 3.06. The van der Waals surface area contributed by atoms with Gasteiger partial charge in [0.25, 0.3) is 0 Å². The van der Waals surface area contributed by atoms with E-state index >= 15 is 0 Å². The van der Waals surface area contributed by atoms with Gasteiger partial charge in [-0.25, -0.2) is 0 Å². The summed E-state index contributed by atoms with van der Waals surface area (Å²) in [6.07, 6.45) is 3.00. The zero-order valence-corrected chi connectivity index (χ0v) is 7.96. The van der Waals surface area contributed by atoms with E-state index < -0.39 is 0 Å². The highest BCUT2D eigenvalue weighted by Crippen LogP contribution is 2.43. The van der Waals surface area contributed by atoms with E-state index in [1.807, 2.05) is 12.1 Å². The van der Waals surface area contributed by atoms with Crippen LogP contribution in [-0.4, -0.2) is 0 Å². The first-order chi connectivity index (χ1) is 6.68. The molecule has 0 spiro atoms. The fraction of sp³-hybridized carbons (Fsp3) is 0.364. The van der Waals surface area contributed by atoms with Crippen molar-refractivity contribution < 1.29 is 0 Å². The van der Waals surface area contributed by atoms with E-state index in [2.05, 4.69) is 6.07 Å². The van der Waals surface area contributed by atoms with Crippen LogP contribution in [0.2, 0.25) is 0 Å². The molecule has 3 heteroatoms. The Kier molecular flexibility index (Phi) is 1.85. The molecule has 3 nitrogen and oxygen atoms in total. The zero-order valence-electron chi connectivity index (χ0n) is 7.96. The fourth-order valence-corrected chi connectivity index (χ4v) is 1.87. The van der Waals surface area contributed by atoms with Gasteiger partial charge in [0.05, 0.1) is 22.9 Å². The van der Waals surface area contributed by atoms with Crippen LogP contribution in [0, 0.1) is 11.3 Å². The summed E-state index contributed by atoms with van der Waals surface area (Å²) in [5.74, 6) is 0. The van der Waals surface area contributed by atoms with E-state index in [1.54, 1.807) is 6.07 Å². The van der Waals surface area contributed by atoms with Gasteiger partial charge in [0, 0.05) is 0 Å². The van der Waals surface area contributed by atoms with Gasteiger partial charge < -0.3 is 11.5 Å². The average molecular weight is 187 g/mol. The first-order valence-electron chi connectivity index (χ1n) is 4.75. The number of nitrogens with two attached hydrogens (primary N) is 2. The molecule has 0 bridgehead atoms. The van der Waals surface area contributed by atoms with Crippen LogP contribution in [0.3, 0.4) is 0 Å². The molecule has 1 saturated carbocycles. The molecule has 1 fully saturated rings. The summed E-state index contributed by atoms with van der Waals surface area (Å²) in [5.41, 5.74) is 13.2. The standard InChI is InChI=1S/C11H13N3/c12-7-11(4-1-5-11)8-2-3-9(13)10(14)6-8/h2-3,6H,1,4-5,13-14H2. The molecule has 1 aliphatic carbocycles. The maximum atomic E-state index is 9.13. The predicted molar refractivity (Wildman–Crippen MR) is 56.4 cm³/mol. The highest BCUT2D eigenvalue weighted by Gasteiger charge is 2.39. The third-order valence-corrected chi connectivity index (χ3v) is 3.06. The largest absolute Gasteiger partial charge is 0.397 e. The van der Waals surface area contributed by atoms with E-state index in [1.165, 1.54) is 0 Å². The maximum absolute atomic E-state index is 9.13. The molecule has 2 rings (SSSR count). The Balaban J connectivity index is 2.42. The van der Waals surface area contributed by atoms with E-state index in [0.717, 1.165) is 24.8 Å². The van der Waals surface area contributed by atoms with Crippen molar-refractivity contribution in [3.8, 4) is 6.07 Å². The van der Waals surface area contributed by atoms with Crippen molar-refractivity contribution in [1.82, 2.24) is 0 Å². The Bertz CT molecular complexity index is 399. The van der Waals surface area contributed by atoms with Crippen molar-refractivity contribution in [3.05, 3.63) is 23.8 Å². The lowest BCUT2D eigenvalue weighted by atomic mass is 9.65. The van der Waals surface area contributed by atoms with Gasteiger partial charge >= 0.3 is 0 Å². The number of anilines is 2. The van der Waals surface area contributed by atoms with Gasteiger partial charge in [0.2, 0.25) is 0 Å². The molecule has 0 atom stereocenters. The summed E-state index contributed by atoms with van der Waals surface area (Å²) in [6.45, 7) is 0. The van der Waals surface area contributed by atoms with Crippen LogP contribution in [0.1, 0.15) is 24.8 Å². The van der Waals surface area contributed by atoms with Crippen molar-refractivity contribution in [2.45, 2.75) is 24.7 Å². The highest BCUT2D eigenvalue weighted by molar-refractivity contribution is 5.65. The Morgan fingerprint density at radius 3 is 2.36 bits per heavy atom. The normalized spacial score (nSPS) is 18.2. The van der Waals surface area contributed by atoms with Crippen LogP contribution in [0.4, 0.5) is 11.4 Å². The molecule has 1 aromatic carbocycles. The summed E-state index contributed by atoms with van der Waals surface area (Å²) in [5, 5.41) is 9.13. The Labute approximate surface area is 83.3 Å². The van der Waals surface area contributed by atoms with Crippen LogP contribution >= 0.6 is 0 Å². The predicted octanol–water partition coefficient (Wildman–Crippen LogP) is 1.80. The Morgan fingerprint density at radius 2 is 1.93 bits per heavy atom. The van der Waals surface area contributed by atoms with Crippen LogP contribution in [-0.2, 0) is 5.41 Å². The SMILES string of the molecule is N#CC1(c2ccc(N)c(N)c2)CCC1. The fourth-order valence-electron chi connectivity index (χ4n) is 1.87. The molecule has 1 aliphatic rings. The summed E-state index contributed by atoms with van der Waals surface area (Å²) >= 11 is 0. The second-order valence-electron chi connectivity index (χ2n) is 3.89. The van der Waals surface area contributed by atoms with Gasteiger partial charge in [-0.05, 0) is 37.0 Å². The van der Waals surface area contributed by atoms with Crippen molar-refractivity contribution in [2.75, 3.05) is 11.5 Å². The smallest absolute Gasteiger partial charge is 0.0823 e. The van der Waals surface area contributed by atoms with Gasteiger partial charge in [0.1, 0.15) is 0 Å². The number of rotatable bonds is 1. The summed E-state index contributed by atoms with van der Waals surface area (Å²) in [4.78, 5) is 0. The number of nitrogens with zero attached hydrogens (tertiary/aromatic N) is 1. The summed E-state index contributed by atoms with van der Waals surface area (Å²) in [6, 6.07) is 7.90. The molecule has 0 aliphatic heterocycles. The Morgan fingerprint density at radius 1 is 1.21 bits per heavy atom. The molecular weight excluding hydrogens is 174 g/mol. The molecule has 0 amide bonds. The molecular formula is C11H13N3. The van der Waals surface area contributed by atoms with E-state index in [0.29, 0.717) is 11.4 Å². The van der Waals surface area contributed by atoms with E-state index in [9.17, 15) is 0 Å². The van der Waals surface area contributed by atoms with Crippen molar-refractivity contribution in [1.29, 1.82) is 5.26 Å². The lowest BCUT2D eigenvalue weighted by molar-refractivity contribution is 0.324. The molecule has 0 unspecified atom stereocenters. The molecule has 0 radical (unpaired) electrons. The second-order valence-corrected chi connectivity index (χ2v) is 3.89. The van der Waals surface area contributed by atoms with Crippen LogP contribution in [0.5, 0.6) is 0 Å². The van der Waals surface area contributed by atoms with Gasteiger partial charge in [-0.15, -0.1) is 0 Å². The first-order valence-corrected chi connectivity index (χ1v) is 4.75. The van der Waals surface area contributed by atoms with Gasteiger partial charge in [-0.3, -0.25) is 0 Å². The maximum Gasteiger partial charge on any atom is 0.0823 e. The van der Waals surface area contributed by atoms with Crippen LogP contribution in [0.15, 0.2) is 18.2 Å². The number of nitrogen functional groups attached to an aromatic ring is 2. The summed E-state index contributed by atoms with van der Waals surface area (Å²) < 4.78 is 0. The second kappa shape index (κ2) is 2.91. The van der Waals surface area contributed by atoms with Gasteiger partial charge in [0.15, 0.2) is 0 Å². The molecule has 0 aromatic heterocycles. The van der Waals surface area contributed by atoms with Gasteiger partial charge in [-0.2, -0.15) is 5.26 Å². The highest BCUT2D eigenvalue weighted by atomic mass is 14.7. The monoisotopic (exact) mass is 187 g/mol. The Hall–Kier alpha value is -1.69. The number of hydrogen-bond acceptors (Lipinski definition) is 3. The number of hydrogen-bond donors (Lipinski definition) is 2. The summed E-state index contributed by atoms with van der Waals surface area (Å²) in [7, 11) is 0. The van der Waals surface area contributed by atoms with Gasteiger partial charge in [-0.1, -0.05) is 6.07 Å². The third kappa shape index (κ3) is 1.12. The minimum Gasteiger partial charge on any atom is -0.397 e. The van der Waals surface area contributed by atoms with E-state index in [4.69, 9.17) is 16.7 Å². The lowest BCUT2D eigenvalue weighted by Gasteiger charge is -2.35.